The Labute approximate surface area is 171 Å². The van der Waals surface area contributed by atoms with Crippen LogP contribution in [0, 0.1) is 6.92 Å². The minimum absolute atomic E-state index is 0.0584. The zero-order chi connectivity index (χ0) is 20.6. The predicted molar refractivity (Wildman–Crippen MR) is 107 cm³/mol. The van der Waals surface area contributed by atoms with Gasteiger partial charge in [0.1, 0.15) is 5.75 Å². The first kappa shape index (κ1) is 20.4. The monoisotopic (exact) mass is 413 g/mol. The Morgan fingerprint density at radius 1 is 1.14 bits per heavy atom. The number of nitrogens with one attached hydrogen (secondary N) is 1. The van der Waals surface area contributed by atoms with Crippen LogP contribution in [0.25, 0.3) is 0 Å². The Bertz CT molecular complexity index is 988. The largest absolute Gasteiger partial charge is 0.484 e. The Kier molecular flexibility index (Phi) is 6.85. The van der Waals surface area contributed by atoms with Gasteiger partial charge in [-0.05, 0) is 36.2 Å². The average Bonchev–Trinajstić information content (AvgIpc) is 3.15. The van der Waals surface area contributed by atoms with Crippen molar-refractivity contribution in [3.05, 3.63) is 65.5 Å². The first-order valence-electron chi connectivity index (χ1n) is 8.74. The standard InChI is InChI=1S/C20H19N3O5S/c1-13-4-2-3-5-16(13)27-11-18-22-23-20(28-18)29-12-17(24)21-15-8-6-14(7-9-15)10-19(25)26/h2-9H,10-12H2,1H3,(H,21,24)(H,25,26). The first-order valence-corrected chi connectivity index (χ1v) is 9.72. The van der Waals surface area contributed by atoms with Gasteiger partial charge in [0.25, 0.3) is 11.1 Å². The molecule has 8 nitrogen and oxygen atoms in total. The summed E-state index contributed by atoms with van der Waals surface area (Å²) in [5, 5.41) is 19.6. The van der Waals surface area contributed by atoms with E-state index in [1.807, 2.05) is 31.2 Å². The highest BCUT2D eigenvalue weighted by Crippen LogP contribution is 2.20. The van der Waals surface area contributed by atoms with Crippen LogP contribution in [0.5, 0.6) is 5.75 Å². The lowest BCUT2D eigenvalue weighted by atomic mass is 10.1. The maximum Gasteiger partial charge on any atom is 0.307 e. The number of ether oxygens (including phenoxy) is 1. The predicted octanol–water partition coefficient (Wildman–Crippen LogP) is 3.31. The topological polar surface area (TPSA) is 115 Å². The number of hydrogen-bond acceptors (Lipinski definition) is 7. The van der Waals surface area contributed by atoms with E-state index in [0.29, 0.717) is 17.1 Å². The van der Waals surface area contributed by atoms with Gasteiger partial charge in [0.15, 0.2) is 6.61 Å². The van der Waals surface area contributed by atoms with Gasteiger partial charge in [-0.3, -0.25) is 9.59 Å². The average molecular weight is 413 g/mol. The molecule has 0 fully saturated rings. The molecular formula is C20H19N3O5S. The van der Waals surface area contributed by atoms with Crippen molar-refractivity contribution in [1.82, 2.24) is 10.2 Å². The normalized spacial score (nSPS) is 10.5. The van der Waals surface area contributed by atoms with Crippen LogP contribution in [0.2, 0.25) is 0 Å². The van der Waals surface area contributed by atoms with Crippen LogP contribution < -0.4 is 10.1 Å². The first-order chi connectivity index (χ1) is 14.0. The van der Waals surface area contributed by atoms with Crippen molar-refractivity contribution in [2.45, 2.75) is 25.2 Å². The lowest BCUT2D eigenvalue weighted by Crippen LogP contribution is -2.14. The fraction of sp³-hybridized carbons (Fsp3) is 0.200. The molecule has 0 aliphatic heterocycles. The molecule has 3 aromatic rings. The molecule has 0 bridgehead atoms. The van der Waals surface area contributed by atoms with Crippen LogP contribution in [0.15, 0.2) is 58.2 Å². The minimum Gasteiger partial charge on any atom is -0.484 e. The third kappa shape index (κ3) is 6.35. The van der Waals surface area contributed by atoms with E-state index in [1.54, 1.807) is 24.3 Å². The molecule has 0 aliphatic carbocycles. The molecule has 9 heteroatoms. The highest BCUT2D eigenvalue weighted by atomic mass is 32.2. The van der Waals surface area contributed by atoms with Crippen LogP contribution >= 0.6 is 11.8 Å². The number of anilines is 1. The van der Waals surface area contributed by atoms with E-state index in [1.165, 1.54) is 0 Å². The van der Waals surface area contributed by atoms with Gasteiger partial charge in [-0.2, -0.15) is 0 Å². The van der Waals surface area contributed by atoms with Gasteiger partial charge in [-0.25, -0.2) is 0 Å². The molecule has 0 aliphatic rings. The molecule has 29 heavy (non-hydrogen) atoms. The van der Waals surface area contributed by atoms with Crippen LogP contribution in [-0.4, -0.2) is 32.9 Å². The number of carbonyl (C=O) groups excluding carboxylic acids is 1. The lowest BCUT2D eigenvalue weighted by Gasteiger charge is -2.06. The molecule has 2 N–H and O–H groups in total. The summed E-state index contributed by atoms with van der Waals surface area (Å²) in [6.07, 6.45) is -0.0584. The molecule has 2 aromatic carbocycles. The van der Waals surface area contributed by atoms with Gasteiger partial charge < -0.3 is 19.6 Å². The second-order valence-electron chi connectivity index (χ2n) is 6.12. The molecule has 1 aromatic heterocycles. The highest BCUT2D eigenvalue weighted by Gasteiger charge is 2.11. The number of hydrogen-bond donors (Lipinski definition) is 2. The molecule has 3 rings (SSSR count). The molecule has 1 heterocycles. The third-order valence-corrected chi connectivity index (χ3v) is 4.63. The molecule has 0 spiro atoms. The van der Waals surface area contributed by atoms with Crippen LogP contribution in [-0.2, 0) is 22.6 Å². The molecule has 0 saturated carbocycles. The Balaban J connectivity index is 1.44. The van der Waals surface area contributed by atoms with Gasteiger partial charge in [-0.1, -0.05) is 42.1 Å². The van der Waals surface area contributed by atoms with E-state index >= 15 is 0 Å². The van der Waals surface area contributed by atoms with E-state index in [4.69, 9.17) is 14.3 Å². The Morgan fingerprint density at radius 3 is 2.62 bits per heavy atom. The summed E-state index contributed by atoms with van der Waals surface area (Å²) in [7, 11) is 0. The summed E-state index contributed by atoms with van der Waals surface area (Å²) in [6.45, 7) is 2.09. The van der Waals surface area contributed by atoms with E-state index in [0.717, 1.165) is 23.1 Å². The zero-order valence-electron chi connectivity index (χ0n) is 15.6. The van der Waals surface area contributed by atoms with Crippen molar-refractivity contribution >= 4 is 29.3 Å². The van der Waals surface area contributed by atoms with Crippen molar-refractivity contribution in [2.24, 2.45) is 0 Å². The number of aryl methyl sites for hydroxylation is 1. The summed E-state index contributed by atoms with van der Waals surface area (Å²) in [5.74, 6) is 0.0223. The number of aliphatic carboxylic acids is 1. The Morgan fingerprint density at radius 2 is 1.90 bits per heavy atom. The quantitative estimate of drug-likeness (QED) is 0.514. The van der Waals surface area contributed by atoms with Crippen LogP contribution in [0.4, 0.5) is 5.69 Å². The van der Waals surface area contributed by atoms with Crippen molar-refractivity contribution in [3.8, 4) is 5.75 Å². The molecule has 0 saturated heterocycles. The molecule has 0 radical (unpaired) electrons. The number of aromatic nitrogens is 2. The van der Waals surface area contributed by atoms with Crippen molar-refractivity contribution in [1.29, 1.82) is 0 Å². The van der Waals surface area contributed by atoms with Crippen LogP contribution in [0.1, 0.15) is 17.0 Å². The number of nitrogens with zero attached hydrogens (tertiary/aromatic N) is 2. The van der Waals surface area contributed by atoms with E-state index in [-0.39, 0.29) is 29.9 Å². The maximum atomic E-state index is 12.1. The number of para-hydroxylation sites is 1. The molecule has 0 atom stereocenters. The minimum atomic E-state index is -0.901. The highest BCUT2D eigenvalue weighted by molar-refractivity contribution is 7.99. The second-order valence-corrected chi connectivity index (χ2v) is 7.05. The van der Waals surface area contributed by atoms with Gasteiger partial charge in [-0.15, -0.1) is 10.2 Å². The molecule has 0 unspecified atom stereocenters. The molecule has 1 amide bonds. The van der Waals surface area contributed by atoms with E-state index in [9.17, 15) is 9.59 Å². The van der Waals surface area contributed by atoms with Crippen molar-refractivity contribution < 1.29 is 23.8 Å². The number of carboxylic acid groups (broad SMARTS) is 1. The second kappa shape index (κ2) is 9.74. The summed E-state index contributed by atoms with van der Waals surface area (Å²) < 4.78 is 11.1. The summed E-state index contributed by atoms with van der Waals surface area (Å²) in [4.78, 5) is 22.7. The fourth-order valence-corrected chi connectivity index (χ4v) is 3.00. The van der Waals surface area contributed by atoms with Gasteiger partial charge in [0.05, 0.1) is 12.2 Å². The number of carboxylic acids is 1. The lowest BCUT2D eigenvalue weighted by molar-refractivity contribution is -0.136. The van der Waals surface area contributed by atoms with Gasteiger partial charge >= 0.3 is 5.97 Å². The van der Waals surface area contributed by atoms with Gasteiger partial charge in [0.2, 0.25) is 5.91 Å². The van der Waals surface area contributed by atoms with E-state index < -0.39 is 5.97 Å². The maximum absolute atomic E-state index is 12.1. The van der Waals surface area contributed by atoms with E-state index in [2.05, 4.69) is 15.5 Å². The molecular weight excluding hydrogens is 394 g/mol. The van der Waals surface area contributed by atoms with Gasteiger partial charge in [0, 0.05) is 5.69 Å². The molecule has 150 valence electrons. The van der Waals surface area contributed by atoms with Crippen molar-refractivity contribution in [2.75, 3.05) is 11.1 Å². The number of rotatable bonds is 9. The number of thioether (sulfide) groups is 1. The summed E-state index contributed by atoms with van der Waals surface area (Å²) in [5.41, 5.74) is 2.26. The number of carbonyl (C=O) groups is 2. The number of benzene rings is 2. The zero-order valence-corrected chi connectivity index (χ0v) is 16.4. The Hall–Kier alpha value is -3.33. The number of amides is 1. The van der Waals surface area contributed by atoms with Crippen molar-refractivity contribution in [3.63, 3.8) is 0 Å². The fourth-order valence-electron chi connectivity index (χ4n) is 2.42. The van der Waals surface area contributed by atoms with Crippen LogP contribution in [0.3, 0.4) is 0 Å². The smallest absolute Gasteiger partial charge is 0.307 e. The summed E-state index contributed by atoms with van der Waals surface area (Å²) >= 11 is 1.12. The third-order valence-electron chi connectivity index (χ3n) is 3.81. The SMILES string of the molecule is Cc1ccccc1OCc1nnc(SCC(=O)Nc2ccc(CC(=O)O)cc2)o1. The summed E-state index contributed by atoms with van der Waals surface area (Å²) in [6, 6.07) is 14.3.